The van der Waals surface area contributed by atoms with Crippen molar-refractivity contribution < 1.29 is 13.7 Å². The molecule has 1 aromatic carbocycles. The summed E-state index contributed by atoms with van der Waals surface area (Å²) in [5, 5.41) is 13.3. The number of hydrogen-bond donors (Lipinski definition) is 0. The van der Waals surface area contributed by atoms with Crippen LogP contribution >= 0.6 is 11.8 Å². The van der Waals surface area contributed by atoms with E-state index in [1.165, 1.54) is 11.8 Å². The lowest BCUT2D eigenvalue weighted by Crippen LogP contribution is -1.99. The van der Waals surface area contributed by atoms with E-state index in [0.29, 0.717) is 29.1 Å². The second-order valence-corrected chi connectivity index (χ2v) is 6.50. The van der Waals surface area contributed by atoms with Gasteiger partial charge in [0.25, 0.3) is 0 Å². The number of hydrogen-bond acceptors (Lipinski definition) is 8. The largest absolute Gasteiger partial charge is 0.497 e. The Kier molecular flexibility index (Phi) is 4.93. The molecule has 8 nitrogen and oxygen atoms in total. The maximum atomic E-state index is 5.42. The summed E-state index contributed by atoms with van der Waals surface area (Å²) >= 11 is 1.49. The predicted molar refractivity (Wildman–Crippen MR) is 99.2 cm³/mol. The Labute approximate surface area is 159 Å². The van der Waals surface area contributed by atoms with Gasteiger partial charge in [0.2, 0.25) is 11.7 Å². The van der Waals surface area contributed by atoms with Gasteiger partial charge in [0.05, 0.1) is 19.1 Å². The molecule has 4 rings (SSSR count). The van der Waals surface area contributed by atoms with Crippen LogP contribution in [0, 0.1) is 0 Å². The van der Waals surface area contributed by atoms with Gasteiger partial charge in [0.15, 0.2) is 16.7 Å². The van der Waals surface area contributed by atoms with Crippen LogP contribution in [0.3, 0.4) is 0 Å². The number of ether oxygens (including phenoxy) is 1. The molecule has 0 atom stereocenters. The number of rotatable bonds is 7. The Morgan fingerprint density at radius 3 is 2.70 bits per heavy atom. The monoisotopic (exact) mass is 383 g/mol. The van der Waals surface area contributed by atoms with Crippen LogP contribution in [0.4, 0.5) is 0 Å². The zero-order valence-corrected chi connectivity index (χ0v) is 15.6. The highest BCUT2D eigenvalue weighted by Crippen LogP contribution is 2.27. The third-order valence-electron chi connectivity index (χ3n) is 3.92. The Hall–Kier alpha value is -3.07. The van der Waals surface area contributed by atoms with E-state index in [1.807, 2.05) is 47.9 Å². The van der Waals surface area contributed by atoms with Crippen LogP contribution in [0.2, 0.25) is 0 Å². The third-order valence-corrected chi connectivity index (χ3v) is 4.87. The number of furan rings is 1. The van der Waals surface area contributed by atoms with E-state index in [2.05, 4.69) is 20.3 Å². The van der Waals surface area contributed by atoms with Crippen molar-refractivity contribution in [2.45, 2.75) is 24.4 Å². The van der Waals surface area contributed by atoms with Crippen LogP contribution in [0.5, 0.6) is 5.75 Å². The molecule has 0 radical (unpaired) electrons. The summed E-state index contributed by atoms with van der Waals surface area (Å²) in [5.74, 6) is 3.74. The van der Waals surface area contributed by atoms with Gasteiger partial charge < -0.3 is 13.7 Å². The summed E-state index contributed by atoms with van der Waals surface area (Å²) in [7, 11) is 1.63. The zero-order valence-electron chi connectivity index (χ0n) is 14.8. The van der Waals surface area contributed by atoms with E-state index in [9.17, 15) is 0 Å². The van der Waals surface area contributed by atoms with Crippen molar-refractivity contribution in [1.29, 1.82) is 0 Å². The van der Waals surface area contributed by atoms with Crippen molar-refractivity contribution in [3.8, 4) is 28.7 Å². The molecule has 3 aromatic heterocycles. The lowest BCUT2D eigenvalue weighted by molar-refractivity contribution is 0.391. The van der Waals surface area contributed by atoms with E-state index in [-0.39, 0.29) is 0 Å². The van der Waals surface area contributed by atoms with E-state index >= 15 is 0 Å². The van der Waals surface area contributed by atoms with Crippen LogP contribution < -0.4 is 4.74 Å². The molecule has 0 aliphatic carbocycles. The molecule has 0 spiro atoms. The highest BCUT2D eigenvalue weighted by molar-refractivity contribution is 7.98. The van der Waals surface area contributed by atoms with Crippen molar-refractivity contribution in [3.05, 3.63) is 48.6 Å². The number of nitrogens with zero attached hydrogens (tertiary/aromatic N) is 5. The second-order valence-electron chi connectivity index (χ2n) is 5.56. The Bertz CT molecular complexity index is 1010. The molecular weight excluding hydrogens is 366 g/mol. The topological polar surface area (TPSA) is 92.0 Å². The molecular formula is C18H17N5O3S. The molecule has 0 fully saturated rings. The lowest BCUT2D eigenvalue weighted by atomic mass is 10.2. The summed E-state index contributed by atoms with van der Waals surface area (Å²) in [6, 6.07) is 11.2. The standard InChI is InChI=1S/C18H17N5O3S/c1-3-23-17(14-5-4-10-25-14)20-21-18(23)27-11-15-19-16(22-26-15)12-6-8-13(24-2)9-7-12/h4-10H,3,11H2,1-2H3. The van der Waals surface area contributed by atoms with Gasteiger partial charge in [-0.15, -0.1) is 10.2 Å². The summed E-state index contributed by atoms with van der Waals surface area (Å²) in [4.78, 5) is 4.45. The Balaban J connectivity index is 1.47. The van der Waals surface area contributed by atoms with Crippen LogP contribution in [0.25, 0.3) is 23.0 Å². The minimum absolute atomic E-state index is 0.499. The molecule has 27 heavy (non-hydrogen) atoms. The molecule has 0 aliphatic heterocycles. The highest BCUT2D eigenvalue weighted by Gasteiger charge is 2.16. The molecule has 0 saturated heterocycles. The van der Waals surface area contributed by atoms with Gasteiger partial charge >= 0.3 is 0 Å². The first-order valence-electron chi connectivity index (χ1n) is 8.35. The molecule has 4 aromatic rings. The molecule has 0 saturated carbocycles. The predicted octanol–water partition coefficient (Wildman–Crippen LogP) is 3.91. The van der Waals surface area contributed by atoms with Crippen molar-refractivity contribution in [2.75, 3.05) is 7.11 Å². The van der Waals surface area contributed by atoms with E-state index in [4.69, 9.17) is 13.7 Å². The SMILES string of the molecule is CCn1c(SCc2nc(-c3ccc(OC)cc3)no2)nnc1-c1ccco1. The molecule has 9 heteroatoms. The van der Waals surface area contributed by atoms with Crippen LogP contribution in [-0.2, 0) is 12.3 Å². The minimum atomic E-state index is 0.499. The number of benzene rings is 1. The fourth-order valence-electron chi connectivity index (χ4n) is 2.57. The number of aromatic nitrogens is 5. The van der Waals surface area contributed by atoms with Gasteiger partial charge in [-0.25, -0.2) is 0 Å². The first-order chi connectivity index (χ1) is 13.3. The van der Waals surface area contributed by atoms with Gasteiger partial charge in [-0.3, -0.25) is 4.57 Å². The quantitative estimate of drug-likeness (QED) is 0.444. The molecule has 0 N–H and O–H groups in total. The summed E-state index contributed by atoms with van der Waals surface area (Å²) in [6.45, 7) is 2.76. The highest BCUT2D eigenvalue weighted by atomic mass is 32.2. The Morgan fingerprint density at radius 2 is 2.00 bits per heavy atom. The van der Waals surface area contributed by atoms with Gasteiger partial charge in [-0.1, -0.05) is 16.9 Å². The van der Waals surface area contributed by atoms with Gasteiger partial charge in [-0.05, 0) is 43.3 Å². The van der Waals surface area contributed by atoms with E-state index < -0.39 is 0 Å². The fourth-order valence-corrected chi connectivity index (χ4v) is 3.41. The lowest BCUT2D eigenvalue weighted by Gasteiger charge is -2.04. The molecule has 0 aliphatic rings. The minimum Gasteiger partial charge on any atom is -0.497 e. The number of thioether (sulfide) groups is 1. The third kappa shape index (κ3) is 3.59. The summed E-state index contributed by atoms with van der Waals surface area (Å²) in [5.41, 5.74) is 0.868. The van der Waals surface area contributed by atoms with Crippen molar-refractivity contribution in [2.24, 2.45) is 0 Å². The van der Waals surface area contributed by atoms with Crippen molar-refractivity contribution in [1.82, 2.24) is 24.9 Å². The molecule has 0 bridgehead atoms. The summed E-state index contributed by atoms with van der Waals surface area (Å²) in [6.07, 6.45) is 1.62. The van der Waals surface area contributed by atoms with Crippen molar-refractivity contribution in [3.63, 3.8) is 0 Å². The maximum absolute atomic E-state index is 5.42. The van der Waals surface area contributed by atoms with E-state index in [0.717, 1.165) is 23.0 Å². The van der Waals surface area contributed by atoms with Gasteiger partial charge in [0, 0.05) is 12.1 Å². The first-order valence-corrected chi connectivity index (χ1v) is 9.34. The Morgan fingerprint density at radius 1 is 1.15 bits per heavy atom. The average molecular weight is 383 g/mol. The smallest absolute Gasteiger partial charge is 0.237 e. The second kappa shape index (κ2) is 7.67. The maximum Gasteiger partial charge on any atom is 0.237 e. The first kappa shape index (κ1) is 17.3. The molecule has 0 unspecified atom stereocenters. The van der Waals surface area contributed by atoms with Crippen LogP contribution in [-0.4, -0.2) is 32.0 Å². The van der Waals surface area contributed by atoms with E-state index in [1.54, 1.807) is 13.4 Å². The van der Waals surface area contributed by atoms with Crippen molar-refractivity contribution >= 4 is 11.8 Å². The van der Waals surface area contributed by atoms with Crippen LogP contribution in [0.15, 0.2) is 56.8 Å². The molecule has 138 valence electrons. The average Bonchev–Trinajstić information content (AvgIpc) is 3.46. The number of methoxy groups -OCH3 is 1. The van der Waals surface area contributed by atoms with Crippen LogP contribution in [0.1, 0.15) is 12.8 Å². The normalized spacial score (nSPS) is 11.0. The summed E-state index contributed by atoms with van der Waals surface area (Å²) < 4.78 is 17.9. The molecule has 0 amide bonds. The van der Waals surface area contributed by atoms with Gasteiger partial charge in [-0.2, -0.15) is 4.98 Å². The fraction of sp³-hybridized carbons (Fsp3) is 0.222. The van der Waals surface area contributed by atoms with Gasteiger partial charge in [0.1, 0.15) is 5.75 Å². The molecule has 3 heterocycles. The zero-order chi connectivity index (χ0) is 18.6.